The molecule has 0 radical (unpaired) electrons. The zero-order valence-electron chi connectivity index (χ0n) is 22.6. The number of hydrogen-bond donors (Lipinski definition) is 2. The van der Waals surface area contributed by atoms with Gasteiger partial charge in [0, 0.05) is 13.1 Å². The Morgan fingerprint density at radius 2 is 1.62 bits per heavy atom. The van der Waals surface area contributed by atoms with E-state index in [0.29, 0.717) is 11.0 Å². The number of ether oxygens (including phenoxy) is 2. The minimum absolute atomic E-state index is 0.0350. The first-order valence-corrected chi connectivity index (χ1v) is 12.1. The summed E-state index contributed by atoms with van der Waals surface area (Å²) in [6.45, 7) is 14.8. The average molecular weight is 514 g/mol. The molecular weight excluding hydrogens is 478 g/mol. The summed E-state index contributed by atoms with van der Waals surface area (Å²) in [5, 5.41) is 3.08. The maximum Gasteiger partial charge on any atom is 0.349 e. The molecule has 11 nitrogen and oxygen atoms in total. The van der Waals surface area contributed by atoms with E-state index in [-0.39, 0.29) is 31.0 Å². The van der Waals surface area contributed by atoms with Crippen molar-refractivity contribution in [3.8, 4) is 11.5 Å². The molecule has 0 aliphatic carbocycles. The highest BCUT2D eigenvalue weighted by molar-refractivity contribution is 5.83. The lowest BCUT2D eigenvalue weighted by Gasteiger charge is -2.26. The smallest absolute Gasteiger partial charge is 0.349 e. The first-order valence-electron chi connectivity index (χ1n) is 12.1. The van der Waals surface area contributed by atoms with Crippen LogP contribution in [0.1, 0.15) is 59.1 Å². The van der Waals surface area contributed by atoms with Crippen molar-refractivity contribution in [1.82, 2.24) is 24.8 Å². The van der Waals surface area contributed by atoms with Crippen LogP contribution in [0.4, 0.5) is 0 Å². The number of H-pyrrole nitrogens is 1. The minimum Gasteiger partial charge on any atom is -0.460 e. The van der Waals surface area contributed by atoms with Crippen molar-refractivity contribution < 1.29 is 19.1 Å². The summed E-state index contributed by atoms with van der Waals surface area (Å²) in [5.74, 6) is -0.999. The van der Waals surface area contributed by atoms with Crippen LogP contribution in [0.5, 0.6) is 0 Å². The molecule has 2 heterocycles. The fraction of sp³-hybridized carbons (Fsp3) is 0.538. The summed E-state index contributed by atoms with van der Waals surface area (Å²) in [6, 6.07) is 2.81. The first kappa shape index (κ1) is 28.0. The van der Waals surface area contributed by atoms with Crippen molar-refractivity contribution >= 4 is 23.0 Å². The summed E-state index contributed by atoms with van der Waals surface area (Å²) in [6.07, 6.45) is -0.227. The van der Waals surface area contributed by atoms with E-state index >= 15 is 0 Å². The topological polar surface area (TPSA) is 145 Å². The molecule has 0 fully saturated rings. The van der Waals surface area contributed by atoms with Gasteiger partial charge in [0.15, 0.2) is 11.5 Å². The zero-order valence-corrected chi connectivity index (χ0v) is 22.6. The number of benzene rings is 1. The van der Waals surface area contributed by atoms with Crippen LogP contribution >= 0.6 is 0 Å². The molecule has 11 heteroatoms. The van der Waals surface area contributed by atoms with Gasteiger partial charge in [-0.2, -0.15) is 4.98 Å². The Morgan fingerprint density at radius 3 is 2.24 bits per heavy atom. The van der Waals surface area contributed by atoms with Gasteiger partial charge in [0.1, 0.15) is 17.2 Å². The summed E-state index contributed by atoms with van der Waals surface area (Å²) in [5.41, 5.74) is 0.416. The Hall–Kier alpha value is -3.60. The lowest BCUT2D eigenvalue weighted by atomic mass is 10.1. The number of esters is 2. The van der Waals surface area contributed by atoms with Gasteiger partial charge in [0.05, 0.1) is 17.5 Å². The number of carbonyl (C=O) groups is 2. The average Bonchev–Trinajstić information content (AvgIpc) is 2.72. The van der Waals surface area contributed by atoms with E-state index in [0.717, 1.165) is 11.1 Å². The van der Waals surface area contributed by atoms with Gasteiger partial charge in [-0.25, -0.2) is 9.78 Å². The van der Waals surface area contributed by atoms with Crippen molar-refractivity contribution in [2.24, 2.45) is 0 Å². The molecule has 2 N–H and O–H groups in total. The number of nitrogens with one attached hydrogen (secondary N) is 2. The van der Waals surface area contributed by atoms with Gasteiger partial charge in [-0.05, 0) is 78.6 Å². The second-order valence-electron chi connectivity index (χ2n) is 11.1. The minimum atomic E-state index is -0.968. The van der Waals surface area contributed by atoms with Gasteiger partial charge < -0.3 is 19.4 Å². The standard InChI is InChI=1S/C26H35N5O6/c1-14-11-16-18(12-15(14)2)31(21-20(28-16)22(33)30-24(35)29-21)10-9-27-17(23(34)37-26(6,7)8)13-19(32)36-25(3,4)5/h11-12,17,27H,9-10,13H2,1-8H3,(H,30,33,35)/t17-/m0/s1. The molecule has 0 saturated heterocycles. The summed E-state index contributed by atoms with van der Waals surface area (Å²) >= 11 is 0. The highest BCUT2D eigenvalue weighted by Gasteiger charge is 2.29. The van der Waals surface area contributed by atoms with Gasteiger partial charge in [-0.3, -0.25) is 19.4 Å². The van der Waals surface area contributed by atoms with Crippen LogP contribution in [0.2, 0.25) is 0 Å². The van der Waals surface area contributed by atoms with E-state index < -0.39 is 40.4 Å². The number of carbonyl (C=O) groups excluding carboxylic acids is 2. The third-order valence-corrected chi connectivity index (χ3v) is 5.43. The Balaban J connectivity index is 1.95. The van der Waals surface area contributed by atoms with E-state index in [1.165, 1.54) is 0 Å². The molecule has 0 aromatic heterocycles. The second kappa shape index (κ2) is 10.4. The van der Waals surface area contributed by atoms with Crippen molar-refractivity contribution in [2.75, 3.05) is 6.54 Å². The number of fused-ring (bicyclic) bond motifs is 2. The Morgan fingerprint density at radius 1 is 1.00 bits per heavy atom. The number of rotatable bonds is 7. The third kappa shape index (κ3) is 7.22. The van der Waals surface area contributed by atoms with Gasteiger partial charge in [0.2, 0.25) is 0 Å². The van der Waals surface area contributed by atoms with Gasteiger partial charge >= 0.3 is 17.6 Å². The second-order valence-corrected chi connectivity index (χ2v) is 11.1. The van der Waals surface area contributed by atoms with Crippen molar-refractivity contribution in [2.45, 2.75) is 85.6 Å². The van der Waals surface area contributed by atoms with E-state index in [4.69, 9.17) is 9.47 Å². The van der Waals surface area contributed by atoms with Crippen LogP contribution in [0, 0.1) is 13.8 Å². The molecule has 0 saturated carbocycles. The lowest BCUT2D eigenvalue weighted by Crippen LogP contribution is -2.44. The number of aromatic nitrogens is 4. The molecule has 0 spiro atoms. The zero-order chi connectivity index (χ0) is 27.7. The molecular formula is C26H35N5O6. The molecule has 200 valence electrons. The molecule has 0 bridgehead atoms. The van der Waals surface area contributed by atoms with Crippen molar-refractivity contribution in [1.29, 1.82) is 0 Å². The predicted molar refractivity (Wildman–Crippen MR) is 139 cm³/mol. The maximum absolute atomic E-state index is 12.9. The van der Waals surface area contributed by atoms with Gasteiger partial charge in [-0.15, -0.1) is 0 Å². The highest BCUT2D eigenvalue weighted by atomic mass is 16.6. The molecule has 3 rings (SSSR count). The molecule has 1 aromatic carbocycles. The molecule has 1 aromatic rings. The number of hydrogen-bond acceptors (Lipinski definition) is 9. The predicted octanol–water partition coefficient (Wildman–Crippen LogP) is 2.23. The number of aryl methyl sites for hydroxylation is 2. The fourth-order valence-electron chi connectivity index (χ4n) is 3.79. The fourth-order valence-corrected chi connectivity index (χ4v) is 3.79. The van der Waals surface area contributed by atoms with Gasteiger partial charge in [0.25, 0.3) is 5.56 Å². The van der Waals surface area contributed by atoms with E-state index in [1.807, 2.05) is 26.0 Å². The Labute approximate surface area is 214 Å². The third-order valence-electron chi connectivity index (χ3n) is 5.43. The highest BCUT2D eigenvalue weighted by Crippen LogP contribution is 2.23. The molecule has 37 heavy (non-hydrogen) atoms. The SMILES string of the molecule is Cc1cc2nc3c(=O)[nH]c(=O)nc-3n(CCN[C@@H](CC(=O)OC(C)(C)C)C(=O)OC(C)(C)C)c2cc1C. The van der Waals surface area contributed by atoms with Crippen LogP contribution < -0.4 is 16.6 Å². The molecule has 2 aliphatic heterocycles. The lowest BCUT2D eigenvalue weighted by molar-refractivity contribution is -0.164. The maximum atomic E-state index is 12.9. The quantitative estimate of drug-likeness (QED) is 0.359. The largest absolute Gasteiger partial charge is 0.460 e. The van der Waals surface area contributed by atoms with E-state index in [1.54, 1.807) is 46.1 Å². The van der Waals surface area contributed by atoms with E-state index in [2.05, 4.69) is 20.3 Å². The first-order chi connectivity index (χ1) is 17.0. The monoisotopic (exact) mass is 513 g/mol. The molecule has 2 aliphatic rings. The summed E-state index contributed by atoms with van der Waals surface area (Å²) in [4.78, 5) is 60.5. The van der Waals surface area contributed by atoms with Gasteiger partial charge in [-0.1, -0.05) is 0 Å². The van der Waals surface area contributed by atoms with Crippen LogP contribution in [-0.2, 0) is 25.6 Å². The molecule has 0 unspecified atom stereocenters. The number of aromatic amines is 1. The summed E-state index contributed by atoms with van der Waals surface area (Å²) in [7, 11) is 0. The van der Waals surface area contributed by atoms with E-state index in [9.17, 15) is 19.2 Å². The Kier molecular flexibility index (Phi) is 7.87. The van der Waals surface area contributed by atoms with Crippen molar-refractivity contribution in [3.05, 3.63) is 44.1 Å². The Bertz CT molecular complexity index is 1410. The normalized spacial score (nSPS) is 13.1. The molecule has 0 amide bonds. The number of nitrogens with zero attached hydrogens (tertiary/aromatic N) is 3. The van der Waals surface area contributed by atoms with Crippen molar-refractivity contribution in [3.63, 3.8) is 0 Å². The summed E-state index contributed by atoms with van der Waals surface area (Å²) < 4.78 is 12.6. The van der Waals surface area contributed by atoms with Crippen LogP contribution in [0.25, 0.3) is 22.6 Å². The molecule has 1 atom stereocenters. The van der Waals surface area contributed by atoms with Crippen LogP contribution in [-0.4, -0.2) is 55.2 Å². The van der Waals surface area contributed by atoms with Crippen LogP contribution in [0.3, 0.4) is 0 Å². The van der Waals surface area contributed by atoms with Crippen LogP contribution in [0.15, 0.2) is 21.7 Å².